The first-order chi connectivity index (χ1) is 11.7. The molecule has 0 aromatic heterocycles. The Hall–Kier alpha value is -1.09. The number of anilines is 1. The average Bonchev–Trinajstić information content (AvgIpc) is 2.64. The molecule has 0 bridgehead atoms. The van der Waals surface area contributed by atoms with Crippen LogP contribution in [-0.2, 0) is 0 Å². The predicted octanol–water partition coefficient (Wildman–Crippen LogP) is 5.96. The first kappa shape index (κ1) is 17.7. The Bertz CT molecular complexity index is 486. The normalized spacial score (nSPS) is 28.9. The smallest absolute Gasteiger partial charge is 0.0412 e. The Morgan fingerprint density at radius 3 is 2.46 bits per heavy atom. The highest BCUT2D eigenvalue weighted by atomic mass is 19.2. The molecule has 2 atom stereocenters. The van der Waals surface area contributed by atoms with Crippen molar-refractivity contribution in [1.82, 2.24) is 5.12 Å². The molecule has 134 valence electrons. The highest BCUT2D eigenvalue weighted by Gasteiger charge is 2.38. The van der Waals surface area contributed by atoms with Gasteiger partial charge in [0, 0.05) is 23.8 Å². The van der Waals surface area contributed by atoms with Gasteiger partial charge in [-0.25, -0.2) is 0 Å². The van der Waals surface area contributed by atoms with Crippen molar-refractivity contribution in [3.8, 4) is 0 Å². The summed E-state index contributed by atoms with van der Waals surface area (Å²) in [6.07, 6.45) is 11.6. The molecule has 1 aromatic carbocycles. The van der Waals surface area contributed by atoms with Crippen molar-refractivity contribution in [1.29, 1.82) is 0 Å². The van der Waals surface area contributed by atoms with E-state index in [1.807, 2.05) is 0 Å². The highest BCUT2D eigenvalue weighted by Crippen LogP contribution is 2.39. The van der Waals surface area contributed by atoms with E-state index in [9.17, 15) is 4.48 Å². The van der Waals surface area contributed by atoms with Gasteiger partial charge in [-0.15, -0.1) is 9.60 Å². The van der Waals surface area contributed by atoms with Gasteiger partial charge < -0.3 is 5.32 Å². The third-order valence-corrected chi connectivity index (χ3v) is 6.36. The molecule has 0 spiro atoms. The third-order valence-electron chi connectivity index (χ3n) is 6.36. The van der Waals surface area contributed by atoms with E-state index in [1.54, 1.807) is 0 Å². The zero-order valence-electron chi connectivity index (χ0n) is 15.1. The maximum absolute atomic E-state index is 14.7. The topological polar surface area (TPSA) is 15.3 Å². The van der Waals surface area contributed by atoms with Gasteiger partial charge in [0.25, 0.3) is 0 Å². The zero-order chi connectivity index (χ0) is 16.8. The summed E-state index contributed by atoms with van der Waals surface area (Å²) in [5, 5.41) is 4.97. The lowest BCUT2D eigenvalue weighted by atomic mass is 9.71. The van der Waals surface area contributed by atoms with Crippen molar-refractivity contribution in [3.63, 3.8) is 0 Å². The molecule has 3 heteroatoms. The molecule has 2 aliphatic carbocycles. The summed E-state index contributed by atoms with van der Waals surface area (Å²) in [5.74, 6) is 0.589. The maximum atomic E-state index is 14.7. The van der Waals surface area contributed by atoms with Crippen molar-refractivity contribution < 1.29 is 4.48 Å². The lowest BCUT2D eigenvalue weighted by Gasteiger charge is -2.45. The molecule has 0 saturated heterocycles. The fourth-order valence-electron chi connectivity index (χ4n) is 4.69. The summed E-state index contributed by atoms with van der Waals surface area (Å²) in [6.45, 7) is 2.91. The summed E-state index contributed by atoms with van der Waals surface area (Å²) in [7, 11) is 0. The van der Waals surface area contributed by atoms with Crippen LogP contribution in [0.4, 0.5) is 10.2 Å². The number of hydrogen-bond donors (Lipinski definition) is 1. The zero-order valence-corrected chi connectivity index (χ0v) is 15.1. The molecule has 0 aliphatic heterocycles. The molecule has 0 radical (unpaired) electrons. The second-order valence-corrected chi connectivity index (χ2v) is 7.96. The molecule has 3 rings (SSSR count). The van der Waals surface area contributed by atoms with Crippen LogP contribution in [0.5, 0.6) is 0 Å². The van der Waals surface area contributed by atoms with E-state index in [1.165, 1.54) is 44.2 Å². The van der Waals surface area contributed by atoms with Crippen LogP contribution in [0.2, 0.25) is 0 Å². The molecule has 2 saturated carbocycles. The Morgan fingerprint density at radius 1 is 1.04 bits per heavy atom. The number of rotatable bonds is 6. The second kappa shape index (κ2) is 8.33. The first-order valence-electron chi connectivity index (χ1n) is 9.95. The first-order valence-corrected chi connectivity index (χ1v) is 9.95. The molecule has 2 aliphatic rings. The highest BCUT2D eigenvalue weighted by molar-refractivity contribution is 5.45. The molecular weight excluding hydrogens is 299 g/mol. The molecule has 1 aromatic rings. The molecule has 1 N–H and O–H groups in total. The van der Waals surface area contributed by atoms with Crippen molar-refractivity contribution >= 4 is 5.69 Å². The Labute approximate surface area is 146 Å². The van der Waals surface area contributed by atoms with E-state index >= 15 is 0 Å². The molecule has 2 fully saturated rings. The molecule has 0 amide bonds. The van der Waals surface area contributed by atoms with Gasteiger partial charge in [-0.2, -0.15) is 0 Å². The minimum Gasteiger partial charge on any atom is -0.379 e. The number of hydrogen-bond acceptors (Lipinski definition) is 2. The fraction of sp³-hybridized carbons (Fsp3) is 0.714. The minimum absolute atomic E-state index is 0.0403. The standard InChI is InChI=1S/C21H33FN2/c1-18-10-8-9-15-21(18,23-19-11-4-2-5-12-19)16-17-24(22)20-13-6-3-7-14-20/h2,4-5,11-12,18,20,23H,3,6-10,13-17H2,1H3. The van der Waals surface area contributed by atoms with Crippen molar-refractivity contribution in [2.24, 2.45) is 5.92 Å². The van der Waals surface area contributed by atoms with E-state index in [4.69, 9.17) is 0 Å². The predicted molar refractivity (Wildman–Crippen MR) is 99.7 cm³/mol. The van der Waals surface area contributed by atoms with Gasteiger partial charge in [0.15, 0.2) is 0 Å². The van der Waals surface area contributed by atoms with Crippen LogP contribution in [0, 0.1) is 5.92 Å². The number of halogens is 1. The van der Waals surface area contributed by atoms with Gasteiger partial charge in [-0.3, -0.25) is 0 Å². The summed E-state index contributed by atoms with van der Waals surface area (Å²) in [5.41, 5.74) is 1.22. The summed E-state index contributed by atoms with van der Waals surface area (Å²) >= 11 is 0. The molecule has 2 nitrogen and oxygen atoms in total. The summed E-state index contributed by atoms with van der Waals surface area (Å²) in [6, 6.07) is 10.6. The number of benzene rings is 1. The van der Waals surface area contributed by atoms with Gasteiger partial charge in [-0.1, -0.05) is 57.2 Å². The van der Waals surface area contributed by atoms with E-state index in [0.29, 0.717) is 12.5 Å². The number of nitrogens with zero attached hydrogens (tertiary/aromatic N) is 1. The SMILES string of the molecule is CC1CCCCC1(CCN(F)C1CCCCC1)Nc1ccccc1. The minimum atomic E-state index is 0.0403. The number of para-hydroxylation sites is 1. The number of nitrogens with one attached hydrogen (secondary N) is 1. The van der Waals surface area contributed by atoms with Crippen LogP contribution >= 0.6 is 0 Å². The Morgan fingerprint density at radius 2 is 1.75 bits per heavy atom. The van der Waals surface area contributed by atoms with E-state index in [0.717, 1.165) is 30.8 Å². The summed E-state index contributed by atoms with van der Waals surface area (Å²) in [4.78, 5) is 0. The van der Waals surface area contributed by atoms with E-state index in [-0.39, 0.29) is 11.6 Å². The summed E-state index contributed by atoms with van der Waals surface area (Å²) < 4.78 is 14.7. The van der Waals surface area contributed by atoms with E-state index in [2.05, 4.69) is 42.6 Å². The second-order valence-electron chi connectivity index (χ2n) is 7.96. The van der Waals surface area contributed by atoms with Gasteiger partial charge >= 0.3 is 0 Å². The largest absolute Gasteiger partial charge is 0.379 e. The van der Waals surface area contributed by atoms with Gasteiger partial charge in [0.2, 0.25) is 0 Å². The van der Waals surface area contributed by atoms with Crippen LogP contribution in [0.25, 0.3) is 0 Å². The molecule has 0 heterocycles. The monoisotopic (exact) mass is 332 g/mol. The third kappa shape index (κ3) is 4.30. The van der Waals surface area contributed by atoms with E-state index < -0.39 is 0 Å². The molecule has 24 heavy (non-hydrogen) atoms. The van der Waals surface area contributed by atoms with Crippen molar-refractivity contribution in [3.05, 3.63) is 30.3 Å². The molecule has 2 unspecified atom stereocenters. The quantitative estimate of drug-likeness (QED) is 0.647. The molecular formula is C21H33FN2. The van der Waals surface area contributed by atoms with Gasteiger partial charge in [0.05, 0.1) is 0 Å². The van der Waals surface area contributed by atoms with Gasteiger partial charge in [-0.05, 0) is 50.2 Å². The fourth-order valence-corrected chi connectivity index (χ4v) is 4.69. The van der Waals surface area contributed by atoms with Crippen LogP contribution in [0.15, 0.2) is 30.3 Å². The van der Waals surface area contributed by atoms with Crippen LogP contribution in [0.1, 0.15) is 71.1 Å². The van der Waals surface area contributed by atoms with Crippen molar-refractivity contribution in [2.45, 2.75) is 82.7 Å². The van der Waals surface area contributed by atoms with Crippen molar-refractivity contribution in [2.75, 3.05) is 11.9 Å². The van der Waals surface area contributed by atoms with Crippen LogP contribution < -0.4 is 5.32 Å². The maximum Gasteiger partial charge on any atom is 0.0412 e. The average molecular weight is 333 g/mol. The van der Waals surface area contributed by atoms with Crippen LogP contribution in [0.3, 0.4) is 0 Å². The lowest BCUT2D eigenvalue weighted by molar-refractivity contribution is -0.0435. The van der Waals surface area contributed by atoms with Gasteiger partial charge in [0.1, 0.15) is 0 Å². The Balaban J connectivity index is 1.65. The Kier molecular flexibility index (Phi) is 6.15. The van der Waals surface area contributed by atoms with Crippen LogP contribution in [-0.4, -0.2) is 23.2 Å². The lowest BCUT2D eigenvalue weighted by Crippen LogP contribution is -2.49.